The molecule has 0 aliphatic rings. The zero-order valence-corrected chi connectivity index (χ0v) is 19.0. The number of amides is 1. The first-order valence-corrected chi connectivity index (χ1v) is 10.8. The largest absolute Gasteiger partial charge is 0.383 e. The Kier molecular flexibility index (Phi) is 7.14. The summed E-state index contributed by atoms with van der Waals surface area (Å²) in [7, 11) is 0. The Bertz CT molecular complexity index is 1240. The number of anilines is 2. The van der Waals surface area contributed by atoms with E-state index in [4.69, 9.17) is 17.3 Å². The molecule has 0 aliphatic heterocycles. The third-order valence-electron chi connectivity index (χ3n) is 4.94. The van der Waals surface area contributed by atoms with Gasteiger partial charge in [-0.1, -0.05) is 37.9 Å². The number of unbranched alkanes of at least 4 members (excludes halogenated alkanes) is 1. The first-order valence-electron chi connectivity index (χ1n) is 10.4. The van der Waals surface area contributed by atoms with Gasteiger partial charge in [-0.25, -0.2) is 4.79 Å². The standard InChI is InChI=1S/C21H26ClN7O3/c1-4-6-11-28-18(23)17(19(30)24-21(28)32)27(10-5-2)20(31)16-13(3)25-29(26-16)15-9-7-8-14(22)12-15/h7-9,12H,4-6,10-11,23H2,1-3H3,(H,24,30,32). The number of nitrogens with one attached hydrogen (secondary N) is 1. The molecule has 0 atom stereocenters. The molecule has 0 spiro atoms. The van der Waals surface area contributed by atoms with Crippen LogP contribution in [-0.4, -0.2) is 37.0 Å². The Morgan fingerprint density at radius 1 is 1.22 bits per heavy atom. The number of H-pyrrole nitrogens is 1. The highest BCUT2D eigenvalue weighted by molar-refractivity contribution is 6.30. The number of aromatic nitrogens is 5. The van der Waals surface area contributed by atoms with Gasteiger partial charge >= 0.3 is 5.69 Å². The molecule has 3 rings (SSSR count). The molecule has 0 aliphatic carbocycles. The molecular weight excluding hydrogens is 434 g/mol. The van der Waals surface area contributed by atoms with Gasteiger partial charge in [0, 0.05) is 18.1 Å². The molecule has 0 fully saturated rings. The third-order valence-corrected chi connectivity index (χ3v) is 5.17. The summed E-state index contributed by atoms with van der Waals surface area (Å²) in [6.07, 6.45) is 2.09. The topological polar surface area (TPSA) is 132 Å². The minimum Gasteiger partial charge on any atom is -0.383 e. The second-order valence-corrected chi connectivity index (χ2v) is 7.79. The van der Waals surface area contributed by atoms with Gasteiger partial charge in [0.25, 0.3) is 11.5 Å². The van der Waals surface area contributed by atoms with Crippen molar-refractivity contribution in [1.29, 1.82) is 0 Å². The SMILES string of the molecule is CCCCn1c(N)c(N(CCC)C(=O)c2nn(-c3cccc(Cl)c3)nc2C)c(=O)[nH]c1=O. The van der Waals surface area contributed by atoms with Crippen LogP contribution in [0.4, 0.5) is 11.5 Å². The Morgan fingerprint density at radius 3 is 2.62 bits per heavy atom. The number of hydrogen-bond acceptors (Lipinski definition) is 6. The number of halogens is 1. The van der Waals surface area contributed by atoms with Gasteiger partial charge in [-0.05, 0) is 38.0 Å². The van der Waals surface area contributed by atoms with Gasteiger partial charge in [-0.15, -0.1) is 5.10 Å². The van der Waals surface area contributed by atoms with Gasteiger partial charge in [0.1, 0.15) is 5.82 Å². The summed E-state index contributed by atoms with van der Waals surface area (Å²) in [5, 5.41) is 9.16. The fourth-order valence-corrected chi connectivity index (χ4v) is 3.52. The number of nitrogen functional groups attached to an aromatic ring is 1. The normalized spacial score (nSPS) is 11.0. The quantitative estimate of drug-likeness (QED) is 0.532. The van der Waals surface area contributed by atoms with E-state index in [0.29, 0.717) is 35.8 Å². The molecule has 0 saturated carbocycles. The fraction of sp³-hybridized carbons (Fsp3) is 0.381. The van der Waals surface area contributed by atoms with Crippen LogP contribution in [0.2, 0.25) is 5.02 Å². The van der Waals surface area contributed by atoms with Crippen LogP contribution in [-0.2, 0) is 6.54 Å². The zero-order chi connectivity index (χ0) is 23.4. The average molecular weight is 460 g/mol. The third kappa shape index (κ3) is 4.59. The predicted octanol–water partition coefficient (Wildman–Crippen LogP) is 2.52. The number of carbonyl (C=O) groups excluding carboxylic acids is 1. The Balaban J connectivity index is 2.08. The van der Waals surface area contributed by atoms with Crippen molar-refractivity contribution < 1.29 is 4.79 Å². The Labute approximate surface area is 189 Å². The van der Waals surface area contributed by atoms with Crippen LogP contribution in [0.5, 0.6) is 0 Å². The second kappa shape index (κ2) is 9.82. The molecule has 10 nitrogen and oxygen atoms in total. The van der Waals surface area contributed by atoms with Gasteiger partial charge in [-0.2, -0.15) is 9.90 Å². The van der Waals surface area contributed by atoms with Gasteiger partial charge in [0.05, 0.1) is 11.4 Å². The summed E-state index contributed by atoms with van der Waals surface area (Å²) in [6.45, 7) is 6.05. The molecule has 3 aromatic rings. The number of nitrogens with two attached hydrogens (primary N) is 1. The first kappa shape index (κ1) is 23.3. The molecule has 1 amide bonds. The number of carbonyl (C=O) groups is 1. The summed E-state index contributed by atoms with van der Waals surface area (Å²) in [6, 6.07) is 6.90. The van der Waals surface area contributed by atoms with Gasteiger partial charge < -0.3 is 5.73 Å². The summed E-state index contributed by atoms with van der Waals surface area (Å²) < 4.78 is 1.28. The van der Waals surface area contributed by atoms with Crippen LogP contribution in [0.15, 0.2) is 33.9 Å². The van der Waals surface area contributed by atoms with E-state index < -0.39 is 17.2 Å². The van der Waals surface area contributed by atoms with E-state index in [1.807, 2.05) is 13.8 Å². The van der Waals surface area contributed by atoms with Crippen molar-refractivity contribution in [3.63, 3.8) is 0 Å². The van der Waals surface area contributed by atoms with Crippen molar-refractivity contribution in [2.45, 2.75) is 46.6 Å². The molecule has 1 aromatic carbocycles. The van der Waals surface area contributed by atoms with Crippen molar-refractivity contribution in [3.8, 4) is 5.69 Å². The highest BCUT2D eigenvalue weighted by Gasteiger charge is 2.28. The van der Waals surface area contributed by atoms with Gasteiger partial charge in [-0.3, -0.25) is 24.0 Å². The molecule has 3 N–H and O–H groups in total. The molecule has 170 valence electrons. The van der Waals surface area contributed by atoms with E-state index in [0.717, 1.165) is 6.42 Å². The van der Waals surface area contributed by atoms with Crippen molar-refractivity contribution in [2.24, 2.45) is 0 Å². The van der Waals surface area contributed by atoms with Crippen LogP contribution in [0.1, 0.15) is 49.3 Å². The predicted molar refractivity (Wildman–Crippen MR) is 124 cm³/mol. The van der Waals surface area contributed by atoms with Crippen LogP contribution in [0.25, 0.3) is 5.69 Å². The first-order chi connectivity index (χ1) is 15.3. The molecule has 11 heteroatoms. The second-order valence-electron chi connectivity index (χ2n) is 7.36. The lowest BCUT2D eigenvalue weighted by Crippen LogP contribution is -2.42. The van der Waals surface area contributed by atoms with Gasteiger partial charge in [0.15, 0.2) is 11.4 Å². The lowest BCUT2D eigenvalue weighted by molar-refractivity contribution is 0.0980. The lowest BCUT2D eigenvalue weighted by Gasteiger charge is -2.23. The maximum Gasteiger partial charge on any atom is 0.330 e. The molecule has 2 heterocycles. The average Bonchev–Trinajstić information content (AvgIpc) is 3.14. The van der Waals surface area contributed by atoms with E-state index in [1.54, 1.807) is 31.2 Å². The molecule has 0 bridgehead atoms. The lowest BCUT2D eigenvalue weighted by atomic mass is 10.2. The number of aryl methyl sites for hydroxylation is 1. The van der Waals surface area contributed by atoms with E-state index in [9.17, 15) is 14.4 Å². The van der Waals surface area contributed by atoms with Crippen molar-refractivity contribution in [3.05, 3.63) is 61.5 Å². The minimum absolute atomic E-state index is 0.0473. The van der Waals surface area contributed by atoms with Crippen molar-refractivity contribution >= 4 is 29.0 Å². The van der Waals surface area contributed by atoms with Crippen LogP contribution in [0, 0.1) is 6.92 Å². The highest BCUT2D eigenvalue weighted by atomic mass is 35.5. The Hall–Kier alpha value is -3.40. The highest BCUT2D eigenvalue weighted by Crippen LogP contribution is 2.21. The number of aromatic amines is 1. The molecule has 0 unspecified atom stereocenters. The van der Waals surface area contributed by atoms with Crippen LogP contribution < -0.4 is 21.9 Å². The monoisotopic (exact) mass is 459 g/mol. The summed E-state index contributed by atoms with van der Waals surface area (Å²) in [4.78, 5) is 43.3. The van der Waals surface area contributed by atoms with E-state index in [1.165, 1.54) is 14.3 Å². The fourth-order valence-electron chi connectivity index (χ4n) is 3.34. The van der Waals surface area contributed by atoms with Crippen LogP contribution in [0.3, 0.4) is 0 Å². The number of nitrogens with zero attached hydrogens (tertiary/aromatic N) is 5. The van der Waals surface area contributed by atoms with E-state index >= 15 is 0 Å². The minimum atomic E-state index is -0.720. The molecule has 0 saturated heterocycles. The summed E-state index contributed by atoms with van der Waals surface area (Å²) in [5.74, 6) is -0.579. The van der Waals surface area contributed by atoms with Crippen molar-refractivity contribution in [1.82, 2.24) is 24.5 Å². The van der Waals surface area contributed by atoms with Gasteiger partial charge in [0.2, 0.25) is 0 Å². The molecular formula is C21H26ClN7O3. The number of hydrogen-bond donors (Lipinski definition) is 2. The summed E-state index contributed by atoms with van der Waals surface area (Å²) >= 11 is 6.05. The zero-order valence-electron chi connectivity index (χ0n) is 18.3. The molecule has 2 aromatic heterocycles. The van der Waals surface area contributed by atoms with E-state index in [-0.39, 0.29) is 23.7 Å². The maximum atomic E-state index is 13.5. The summed E-state index contributed by atoms with van der Waals surface area (Å²) in [5.41, 5.74) is 5.87. The smallest absolute Gasteiger partial charge is 0.330 e. The van der Waals surface area contributed by atoms with E-state index in [2.05, 4.69) is 15.2 Å². The van der Waals surface area contributed by atoms with Crippen molar-refractivity contribution in [2.75, 3.05) is 17.2 Å². The van der Waals surface area contributed by atoms with Crippen LogP contribution >= 0.6 is 11.6 Å². The Morgan fingerprint density at radius 2 is 1.97 bits per heavy atom. The number of rotatable bonds is 8. The molecule has 0 radical (unpaired) electrons. The molecule has 32 heavy (non-hydrogen) atoms. The number of benzene rings is 1. The maximum absolute atomic E-state index is 13.5.